The first-order valence-corrected chi connectivity index (χ1v) is 3.57. The second kappa shape index (κ2) is 1.91. The van der Waals surface area contributed by atoms with Crippen LogP contribution in [0.4, 0.5) is 0 Å². The van der Waals surface area contributed by atoms with E-state index in [1.807, 2.05) is 6.07 Å². The van der Waals surface area contributed by atoms with Crippen LogP contribution in [0.5, 0.6) is 11.5 Å². The molecule has 0 saturated carbocycles. The zero-order valence-electron chi connectivity index (χ0n) is 6.11. The van der Waals surface area contributed by atoms with Gasteiger partial charge in [0.05, 0.1) is 6.20 Å². The van der Waals surface area contributed by atoms with Crippen LogP contribution in [0.1, 0.15) is 0 Å². The Morgan fingerprint density at radius 1 is 1.17 bits per heavy atom. The average molecular weight is 163 g/mol. The molecule has 1 aromatic carbocycles. The van der Waals surface area contributed by atoms with E-state index in [9.17, 15) is 0 Å². The SMILES string of the molecule is c1noc2cc3c(cc12)OCO3. The summed E-state index contributed by atoms with van der Waals surface area (Å²) >= 11 is 0. The summed E-state index contributed by atoms with van der Waals surface area (Å²) in [5, 5.41) is 4.59. The Morgan fingerprint density at radius 2 is 2.00 bits per heavy atom. The molecule has 0 unspecified atom stereocenters. The summed E-state index contributed by atoms with van der Waals surface area (Å²) < 4.78 is 15.3. The lowest BCUT2D eigenvalue weighted by atomic mass is 10.2. The Morgan fingerprint density at radius 3 is 2.92 bits per heavy atom. The summed E-state index contributed by atoms with van der Waals surface area (Å²) in [7, 11) is 0. The summed E-state index contributed by atoms with van der Waals surface area (Å²) in [6.45, 7) is 0.287. The van der Waals surface area contributed by atoms with Gasteiger partial charge in [-0.25, -0.2) is 0 Å². The maximum Gasteiger partial charge on any atom is 0.231 e. The normalized spacial score (nSPS) is 14.0. The summed E-state index contributed by atoms with van der Waals surface area (Å²) in [6.07, 6.45) is 1.65. The summed E-state index contributed by atoms with van der Waals surface area (Å²) in [6, 6.07) is 3.64. The standard InChI is InChI=1S/C8H5NO3/c1-5-3-9-12-6(5)2-8-7(1)10-4-11-8/h1-3H,4H2. The molecule has 4 heteroatoms. The maximum atomic E-state index is 5.18. The average Bonchev–Trinajstić information content (AvgIpc) is 2.64. The number of nitrogens with zero attached hydrogens (tertiary/aromatic N) is 1. The molecule has 2 heterocycles. The molecule has 1 aliphatic heterocycles. The van der Waals surface area contributed by atoms with Crippen molar-refractivity contribution in [2.24, 2.45) is 0 Å². The minimum absolute atomic E-state index is 0.287. The number of aromatic nitrogens is 1. The van der Waals surface area contributed by atoms with Crippen LogP contribution < -0.4 is 9.47 Å². The Bertz CT molecular complexity index is 397. The van der Waals surface area contributed by atoms with E-state index in [4.69, 9.17) is 14.0 Å². The molecule has 0 saturated heterocycles. The highest BCUT2D eigenvalue weighted by Gasteiger charge is 2.15. The van der Waals surface area contributed by atoms with E-state index in [-0.39, 0.29) is 6.79 Å². The fourth-order valence-corrected chi connectivity index (χ4v) is 1.26. The quantitative estimate of drug-likeness (QED) is 0.591. The molecule has 4 nitrogen and oxygen atoms in total. The molecule has 0 N–H and O–H groups in total. The Hall–Kier alpha value is -1.71. The van der Waals surface area contributed by atoms with E-state index in [0.29, 0.717) is 0 Å². The van der Waals surface area contributed by atoms with Crippen LogP contribution in [0.15, 0.2) is 22.9 Å². The monoisotopic (exact) mass is 163 g/mol. The Balaban J connectivity index is 2.38. The van der Waals surface area contributed by atoms with Gasteiger partial charge in [0.2, 0.25) is 6.79 Å². The largest absolute Gasteiger partial charge is 0.454 e. The van der Waals surface area contributed by atoms with E-state index in [2.05, 4.69) is 5.16 Å². The second-order valence-electron chi connectivity index (χ2n) is 2.57. The third kappa shape index (κ3) is 0.637. The lowest BCUT2D eigenvalue weighted by Gasteiger charge is -1.92. The first-order valence-electron chi connectivity index (χ1n) is 3.57. The van der Waals surface area contributed by atoms with Crippen LogP contribution in [0, 0.1) is 0 Å². The topological polar surface area (TPSA) is 44.5 Å². The third-order valence-corrected chi connectivity index (χ3v) is 1.85. The van der Waals surface area contributed by atoms with Gasteiger partial charge in [-0.1, -0.05) is 5.16 Å². The zero-order chi connectivity index (χ0) is 7.97. The van der Waals surface area contributed by atoms with Crippen molar-refractivity contribution < 1.29 is 14.0 Å². The predicted octanol–water partition coefficient (Wildman–Crippen LogP) is 1.56. The van der Waals surface area contributed by atoms with Gasteiger partial charge in [-0.3, -0.25) is 0 Å². The molecule has 3 rings (SSSR count). The van der Waals surface area contributed by atoms with Crippen molar-refractivity contribution in [2.75, 3.05) is 6.79 Å². The molecule has 0 bridgehead atoms. The van der Waals surface area contributed by atoms with Crippen LogP contribution >= 0.6 is 0 Å². The van der Waals surface area contributed by atoms with Crippen molar-refractivity contribution in [3.05, 3.63) is 18.3 Å². The van der Waals surface area contributed by atoms with Gasteiger partial charge in [0.1, 0.15) is 0 Å². The number of benzene rings is 1. The minimum atomic E-state index is 0.287. The van der Waals surface area contributed by atoms with Gasteiger partial charge in [0.25, 0.3) is 0 Å². The number of hydrogen-bond acceptors (Lipinski definition) is 4. The van der Waals surface area contributed by atoms with Crippen molar-refractivity contribution >= 4 is 11.0 Å². The molecule has 2 aromatic rings. The maximum absolute atomic E-state index is 5.18. The molecule has 0 atom stereocenters. The smallest absolute Gasteiger partial charge is 0.231 e. The Labute approximate surface area is 67.7 Å². The zero-order valence-corrected chi connectivity index (χ0v) is 6.11. The first-order chi connectivity index (χ1) is 5.93. The Kier molecular flexibility index (Phi) is 0.935. The highest BCUT2D eigenvalue weighted by atomic mass is 16.7. The molecule has 0 spiro atoms. The molecule has 1 aromatic heterocycles. The van der Waals surface area contributed by atoms with Crippen molar-refractivity contribution in [1.82, 2.24) is 5.16 Å². The van der Waals surface area contributed by atoms with Gasteiger partial charge in [0.15, 0.2) is 17.1 Å². The van der Waals surface area contributed by atoms with E-state index >= 15 is 0 Å². The van der Waals surface area contributed by atoms with Gasteiger partial charge in [-0.2, -0.15) is 0 Å². The van der Waals surface area contributed by atoms with Crippen molar-refractivity contribution in [2.45, 2.75) is 0 Å². The summed E-state index contributed by atoms with van der Waals surface area (Å²) in [5.41, 5.74) is 0.722. The molecule has 0 amide bonds. The molecule has 0 radical (unpaired) electrons. The number of hydrogen-bond donors (Lipinski definition) is 0. The molecule has 60 valence electrons. The molecular formula is C8H5NO3. The number of rotatable bonds is 0. The van der Waals surface area contributed by atoms with Crippen LogP contribution in [-0.4, -0.2) is 11.9 Å². The highest BCUT2D eigenvalue weighted by molar-refractivity contribution is 5.80. The van der Waals surface area contributed by atoms with Gasteiger partial charge in [-0.05, 0) is 6.07 Å². The molecule has 1 aliphatic rings. The van der Waals surface area contributed by atoms with E-state index in [1.54, 1.807) is 12.3 Å². The van der Waals surface area contributed by atoms with Crippen LogP contribution in [0.3, 0.4) is 0 Å². The van der Waals surface area contributed by atoms with E-state index < -0.39 is 0 Å². The van der Waals surface area contributed by atoms with Crippen LogP contribution in [0.25, 0.3) is 11.0 Å². The predicted molar refractivity (Wildman–Crippen MR) is 40.1 cm³/mol. The lowest BCUT2D eigenvalue weighted by molar-refractivity contribution is 0.174. The van der Waals surface area contributed by atoms with Crippen molar-refractivity contribution in [3.63, 3.8) is 0 Å². The summed E-state index contributed by atoms with van der Waals surface area (Å²) in [5.74, 6) is 1.48. The van der Waals surface area contributed by atoms with E-state index in [0.717, 1.165) is 22.5 Å². The van der Waals surface area contributed by atoms with Gasteiger partial charge in [-0.15, -0.1) is 0 Å². The highest BCUT2D eigenvalue weighted by Crippen LogP contribution is 2.35. The van der Waals surface area contributed by atoms with Crippen molar-refractivity contribution in [3.8, 4) is 11.5 Å². The van der Waals surface area contributed by atoms with Crippen molar-refractivity contribution in [1.29, 1.82) is 0 Å². The summed E-state index contributed by atoms with van der Waals surface area (Å²) in [4.78, 5) is 0. The minimum Gasteiger partial charge on any atom is -0.454 e. The fourth-order valence-electron chi connectivity index (χ4n) is 1.26. The van der Waals surface area contributed by atoms with Crippen LogP contribution in [-0.2, 0) is 0 Å². The van der Waals surface area contributed by atoms with Gasteiger partial charge >= 0.3 is 0 Å². The lowest BCUT2D eigenvalue weighted by Crippen LogP contribution is -1.92. The van der Waals surface area contributed by atoms with E-state index in [1.165, 1.54) is 0 Å². The van der Waals surface area contributed by atoms with Gasteiger partial charge in [0, 0.05) is 11.5 Å². The molecule has 0 aliphatic carbocycles. The van der Waals surface area contributed by atoms with Crippen LogP contribution in [0.2, 0.25) is 0 Å². The third-order valence-electron chi connectivity index (χ3n) is 1.85. The fraction of sp³-hybridized carbons (Fsp3) is 0.125. The number of fused-ring (bicyclic) bond motifs is 2. The molecular weight excluding hydrogens is 158 g/mol. The molecule has 0 fully saturated rings. The van der Waals surface area contributed by atoms with Gasteiger partial charge < -0.3 is 14.0 Å². The number of ether oxygens (including phenoxy) is 2. The molecule has 12 heavy (non-hydrogen) atoms. The second-order valence-corrected chi connectivity index (χ2v) is 2.57. The first kappa shape index (κ1) is 5.88.